The van der Waals surface area contributed by atoms with Gasteiger partial charge in [0.25, 0.3) is 0 Å². The lowest BCUT2D eigenvalue weighted by molar-refractivity contribution is 0.269. The van der Waals surface area contributed by atoms with Gasteiger partial charge in [0.1, 0.15) is 9.84 Å². The van der Waals surface area contributed by atoms with Crippen molar-refractivity contribution in [2.45, 2.75) is 25.8 Å². The van der Waals surface area contributed by atoms with Gasteiger partial charge < -0.3 is 10.4 Å². The normalized spacial score (nSPS) is 14.6. The standard InChI is InChI=1S/C10H23NO5S2/c1-3-5-11-10(4-6-12)9-18(15,16)8-7-17(2,13)14/h10-12H,3-9H2,1-2H3. The quantitative estimate of drug-likeness (QED) is 0.548. The molecule has 18 heavy (non-hydrogen) atoms. The van der Waals surface area contributed by atoms with Gasteiger partial charge >= 0.3 is 0 Å². The van der Waals surface area contributed by atoms with Crippen molar-refractivity contribution >= 4 is 19.7 Å². The first-order valence-electron chi connectivity index (χ1n) is 5.92. The van der Waals surface area contributed by atoms with Crippen molar-refractivity contribution in [2.24, 2.45) is 0 Å². The molecule has 0 aliphatic heterocycles. The third-order valence-electron chi connectivity index (χ3n) is 2.38. The van der Waals surface area contributed by atoms with Crippen LogP contribution in [0.2, 0.25) is 0 Å². The van der Waals surface area contributed by atoms with Crippen molar-refractivity contribution in [1.82, 2.24) is 5.32 Å². The summed E-state index contributed by atoms with van der Waals surface area (Å²) >= 11 is 0. The molecule has 0 spiro atoms. The summed E-state index contributed by atoms with van der Waals surface area (Å²) in [4.78, 5) is 0. The van der Waals surface area contributed by atoms with Crippen LogP contribution in [-0.2, 0) is 19.7 Å². The van der Waals surface area contributed by atoms with E-state index < -0.39 is 19.7 Å². The monoisotopic (exact) mass is 301 g/mol. The van der Waals surface area contributed by atoms with Crippen molar-refractivity contribution in [2.75, 3.05) is 36.7 Å². The lowest BCUT2D eigenvalue weighted by Crippen LogP contribution is -2.38. The molecule has 0 heterocycles. The number of rotatable bonds is 10. The van der Waals surface area contributed by atoms with Crippen LogP contribution in [0.1, 0.15) is 19.8 Å². The molecule has 0 rings (SSSR count). The Bertz CT molecular complexity index is 416. The first-order valence-corrected chi connectivity index (χ1v) is 9.80. The van der Waals surface area contributed by atoms with Crippen molar-refractivity contribution in [3.05, 3.63) is 0 Å². The van der Waals surface area contributed by atoms with E-state index in [1.807, 2.05) is 6.92 Å². The highest BCUT2D eigenvalue weighted by molar-refractivity contribution is 7.94. The Kier molecular flexibility index (Phi) is 8.00. The summed E-state index contributed by atoms with van der Waals surface area (Å²) in [5, 5.41) is 11.9. The molecule has 1 unspecified atom stereocenters. The molecule has 0 saturated heterocycles. The Hall–Kier alpha value is -0.180. The highest BCUT2D eigenvalue weighted by Crippen LogP contribution is 2.01. The van der Waals surface area contributed by atoms with Crippen LogP contribution < -0.4 is 5.32 Å². The molecule has 0 fully saturated rings. The number of hydrogen-bond donors (Lipinski definition) is 2. The van der Waals surface area contributed by atoms with E-state index in [-0.39, 0.29) is 29.9 Å². The minimum atomic E-state index is -3.42. The summed E-state index contributed by atoms with van der Waals surface area (Å²) in [6.45, 7) is 2.54. The van der Waals surface area contributed by atoms with Crippen LogP contribution in [0.3, 0.4) is 0 Å². The van der Waals surface area contributed by atoms with Crippen LogP contribution in [-0.4, -0.2) is 64.6 Å². The van der Waals surface area contributed by atoms with E-state index in [0.29, 0.717) is 13.0 Å². The summed E-state index contributed by atoms with van der Waals surface area (Å²) in [7, 11) is -6.69. The third kappa shape index (κ3) is 9.81. The second kappa shape index (κ2) is 8.08. The minimum Gasteiger partial charge on any atom is -0.396 e. The maximum absolute atomic E-state index is 11.7. The fourth-order valence-electron chi connectivity index (χ4n) is 1.42. The fraction of sp³-hybridized carbons (Fsp3) is 1.00. The predicted molar refractivity (Wildman–Crippen MR) is 72.1 cm³/mol. The molecule has 0 amide bonds. The second-order valence-corrected chi connectivity index (χ2v) is 8.90. The van der Waals surface area contributed by atoms with Crippen LogP contribution >= 0.6 is 0 Å². The third-order valence-corrected chi connectivity index (χ3v) is 5.32. The van der Waals surface area contributed by atoms with Crippen LogP contribution in [0.4, 0.5) is 0 Å². The highest BCUT2D eigenvalue weighted by Gasteiger charge is 2.20. The van der Waals surface area contributed by atoms with E-state index in [4.69, 9.17) is 5.11 Å². The molecule has 6 nitrogen and oxygen atoms in total. The number of hydrogen-bond acceptors (Lipinski definition) is 6. The number of aliphatic hydroxyl groups is 1. The SMILES string of the molecule is CCCNC(CCO)CS(=O)(=O)CCS(C)(=O)=O. The molecule has 0 aromatic carbocycles. The average molecular weight is 301 g/mol. The topological polar surface area (TPSA) is 101 Å². The smallest absolute Gasteiger partial charge is 0.152 e. The van der Waals surface area contributed by atoms with Crippen molar-refractivity contribution in [1.29, 1.82) is 0 Å². The largest absolute Gasteiger partial charge is 0.396 e. The molecule has 0 aliphatic carbocycles. The summed E-state index contributed by atoms with van der Waals surface area (Å²) in [6.07, 6.45) is 2.23. The van der Waals surface area contributed by atoms with Crippen molar-refractivity contribution in [3.8, 4) is 0 Å². The average Bonchev–Trinajstić information content (AvgIpc) is 2.22. The Labute approximate surface area is 110 Å². The Morgan fingerprint density at radius 3 is 2.22 bits per heavy atom. The zero-order chi connectivity index (χ0) is 14.2. The molecule has 0 aromatic heterocycles. The lowest BCUT2D eigenvalue weighted by Gasteiger charge is -2.17. The number of sulfone groups is 2. The molecule has 0 saturated carbocycles. The maximum Gasteiger partial charge on any atom is 0.152 e. The van der Waals surface area contributed by atoms with Crippen molar-refractivity contribution in [3.63, 3.8) is 0 Å². The van der Waals surface area contributed by atoms with E-state index >= 15 is 0 Å². The zero-order valence-electron chi connectivity index (χ0n) is 10.9. The first-order chi connectivity index (χ1) is 8.20. The first kappa shape index (κ1) is 17.8. The van der Waals surface area contributed by atoms with Gasteiger partial charge in [-0.2, -0.15) is 0 Å². The highest BCUT2D eigenvalue weighted by atomic mass is 32.2. The fourth-order valence-corrected chi connectivity index (χ4v) is 4.71. The van der Waals surface area contributed by atoms with E-state index in [9.17, 15) is 16.8 Å². The van der Waals surface area contributed by atoms with Crippen LogP contribution in [0, 0.1) is 0 Å². The maximum atomic E-state index is 11.7. The lowest BCUT2D eigenvalue weighted by atomic mass is 10.2. The van der Waals surface area contributed by atoms with E-state index in [0.717, 1.165) is 12.7 Å². The van der Waals surface area contributed by atoms with Crippen LogP contribution in [0.15, 0.2) is 0 Å². The van der Waals surface area contributed by atoms with E-state index in [2.05, 4.69) is 5.32 Å². The molecule has 0 bridgehead atoms. The number of nitrogens with one attached hydrogen (secondary N) is 1. The zero-order valence-corrected chi connectivity index (χ0v) is 12.6. The molecular weight excluding hydrogens is 278 g/mol. The van der Waals surface area contributed by atoms with Gasteiger partial charge in [0.15, 0.2) is 9.84 Å². The van der Waals surface area contributed by atoms with Gasteiger partial charge in [0.2, 0.25) is 0 Å². The van der Waals surface area contributed by atoms with Gasteiger partial charge in [-0.05, 0) is 19.4 Å². The van der Waals surface area contributed by atoms with Gasteiger partial charge in [-0.3, -0.25) is 0 Å². The van der Waals surface area contributed by atoms with Gasteiger partial charge in [-0.1, -0.05) is 6.92 Å². The molecular formula is C10H23NO5S2. The summed E-state index contributed by atoms with van der Waals surface area (Å²) < 4.78 is 45.4. The molecule has 0 aromatic rings. The van der Waals surface area contributed by atoms with Gasteiger partial charge in [0, 0.05) is 18.9 Å². The Morgan fingerprint density at radius 2 is 1.78 bits per heavy atom. The summed E-state index contributed by atoms with van der Waals surface area (Å²) in [5.41, 5.74) is 0. The summed E-state index contributed by atoms with van der Waals surface area (Å²) in [5.74, 6) is -0.848. The van der Waals surface area contributed by atoms with Crippen molar-refractivity contribution < 1.29 is 21.9 Å². The van der Waals surface area contributed by atoms with Crippen LogP contribution in [0.25, 0.3) is 0 Å². The molecule has 110 valence electrons. The van der Waals surface area contributed by atoms with Gasteiger partial charge in [0.05, 0.1) is 17.3 Å². The van der Waals surface area contributed by atoms with Gasteiger partial charge in [-0.15, -0.1) is 0 Å². The van der Waals surface area contributed by atoms with E-state index in [1.165, 1.54) is 0 Å². The second-order valence-electron chi connectivity index (χ2n) is 4.41. The van der Waals surface area contributed by atoms with E-state index in [1.54, 1.807) is 0 Å². The molecule has 8 heteroatoms. The number of aliphatic hydroxyl groups excluding tert-OH is 1. The molecule has 2 N–H and O–H groups in total. The predicted octanol–water partition coefficient (Wildman–Crippen LogP) is -0.804. The Morgan fingerprint density at radius 1 is 1.17 bits per heavy atom. The minimum absolute atomic E-state index is 0.0943. The molecule has 0 radical (unpaired) electrons. The Balaban J connectivity index is 4.40. The molecule has 0 aliphatic rings. The van der Waals surface area contributed by atoms with Crippen LogP contribution in [0.5, 0.6) is 0 Å². The summed E-state index contributed by atoms with van der Waals surface area (Å²) in [6, 6.07) is -0.320. The molecule has 1 atom stereocenters. The van der Waals surface area contributed by atoms with Gasteiger partial charge in [-0.25, -0.2) is 16.8 Å².